The SMILES string of the molecule is CNC(=O)C1SCC(N(C)C)C(=NO)S1. The summed E-state index contributed by atoms with van der Waals surface area (Å²) in [7, 11) is 5.46. The Hall–Kier alpha value is -0.400. The van der Waals surface area contributed by atoms with E-state index in [1.165, 1.54) is 11.8 Å². The predicted octanol–water partition coefficient (Wildman–Crippen LogP) is 0.256. The average molecular weight is 249 g/mol. The van der Waals surface area contributed by atoms with E-state index in [-0.39, 0.29) is 16.5 Å². The molecule has 1 fully saturated rings. The smallest absolute Gasteiger partial charge is 0.243 e. The highest BCUT2D eigenvalue weighted by Crippen LogP contribution is 2.34. The van der Waals surface area contributed by atoms with Crippen LogP contribution in [0.4, 0.5) is 0 Å². The molecule has 86 valence electrons. The lowest BCUT2D eigenvalue weighted by Crippen LogP contribution is -2.43. The highest BCUT2D eigenvalue weighted by atomic mass is 32.2. The third kappa shape index (κ3) is 3.02. The van der Waals surface area contributed by atoms with Crippen molar-refractivity contribution in [1.29, 1.82) is 0 Å². The molecule has 7 heteroatoms. The van der Waals surface area contributed by atoms with E-state index in [1.807, 2.05) is 19.0 Å². The number of hydrogen-bond acceptors (Lipinski definition) is 6. The zero-order chi connectivity index (χ0) is 11.4. The van der Waals surface area contributed by atoms with Gasteiger partial charge in [-0.15, -0.1) is 11.8 Å². The van der Waals surface area contributed by atoms with E-state index in [1.54, 1.807) is 18.8 Å². The van der Waals surface area contributed by atoms with Crippen molar-refractivity contribution in [3.8, 4) is 0 Å². The zero-order valence-corrected chi connectivity index (χ0v) is 10.6. The Balaban J connectivity index is 2.67. The van der Waals surface area contributed by atoms with E-state index < -0.39 is 0 Å². The first-order chi connectivity index (χ1) is 7.10. The maximum atomic E-state index is 11.4. The zero-order valence-electron chi connectivity index (χ0n) is 8.93. The van der Waals surface area contributed by atoms with Gasteiger partial charge in [0.15, 0.2) is 0 Å². The van der Waals surface area contributed by atoms with Crippen molar-refractivity contribution in [2.75, 3.05) is 26.9 Å². The fourth-order valence-corrected chi connectivity index (χ4v) is 4.11. The van der Waals surface area contributed by atoms with Gasteiger partial charge in [0, 0.05) is 12.8 Å². The lowest BCUT2D eigenvalue weighted by atomic mass is 10.3. The molecule has 1 saturated heterocycles. The monoisotopic (exact) mass is 249 g/mol. The molecular weight excluding hydrogens is 234 g/mol. The van der Waals surface area contributed by atoms with Crippen molar-refractivity contribution >= 4 is 34.5 Å². The summed E-state index contributed by atoms with van der Waals surface area (Å²) in [5.74, 6) is 0.723. The normalized spacial score (nSPS) is 29.5. The van der Waals surface area contributed by atoms with Gasteiger partial charge in [0.2, 0.25) is 5.91 Å². The van der Waals surface area contributed by atoms with Gasteiger partial charge >= 0.3 is 0 Å². The summed E-state index contributed by atoms with van der Waals surface area (Å²) in [5.41, 5.74) is 0. The molecule has 0 aromatic rings. The second-order valence-electron chi connectivity index (χ2n) is 3.32. The maximum absolute atomic E-state index is 11.4. The van der Waals surface area contributed by atoms with Crippen LogP contribution in [0.25, 0.3) is 0 Å². The fourth-order valence-electron chi connectivity index (χ4n) is 1.18. The molecule has 1 aliphatic heterocycles. The number of rotatable bonds is 2. The van der Waals surface area contributed by atoms with Gasteiger partial charge in [-0.1, -0.05) is 16.9 Å². The summed E-state index contributed by atoms with van der Waals surface area (Å²) in [6, 6.07) is 0.0888. The molecule has 2 N–H and O–H groups in total. The van der Waals surface area contributed by atoms with Gasteiger partial charge in [-0.25, -0.2) is 0 Å². The first-order valence-corrected chi connectivity index (χ1v) is 6.41. The molecule has 2 unspecified atom stereocenters. The molecule has 0 aromatic heterocycles. The summed E-state index contributed by atoms with van der Waals surface area (Å²) >= 11 is 2.88. The van der Waals surface area contributed by atoms with Crippen LogP contribution >= 0.6 is 23.5 Å². The number of carbonyl (C=O) groups is 1. The van der Waals surface area contributed by atoms with Crippen LogP contribution < -0.4 is 5.32 Å². The summed E-state index contributed by atoms with van der Waals surface area (Å²) in [6.07, 6.45) is 0. The summed E-state index contributed by atoms with van der Waals surface area (Å²) < 4.78 is -0.211. The lowest BCUT2D eigenvalue weighted by molar-refractivity contribution is -0.118. The molecular formula is C8H15N3O2S2. The van der Waals surface area contributed by atoms with Crippen molar-refractivity contribution in [2.45, 2.75) is 10.6 Å². The number of thioether (sulfide) groups is 2. The van der Waals surface area contributed by atoms with E-state index in [0.717, 1.165) is 5.75 Å². The summed E-state index contributed by atoms with van der Waals surface area (Å²) in [6.45, 7) is 0. The number of amides is 1. The molecule has 1 amide bonds. The van der Waals surface area contributed by atoms with Gasteiger partial charge in [-0.2, -0.15) is 0 Å². The minimum absolute atomic E-state index is 0.0386. The minimum Gasteiger partial charge on any atom is -0.410 e. The maximum Gasteiger partial charge on any atom is 0.243 e. The van der Waals surface area contributed by atoms with Crippen LogP contribution in [0.15, 0.2) is 5.16 Å². The van der Waals surface area contributed by atoms with E-state index in [2.05, 4.69) is 10.5 Å². The molecule has 1 heterocycles. The Morgan fingerprint density at radius 1 is 1.67 bits per heavy atom. The minimum atomic E-state index is -0.211. The number of nitrogens with zero attached hydrogens (tertiary/aromatic N) is 2. The van der Waals surface area contributed by atoms with E-state index in [9.17, 15) is 4.79 Å². The molecule has 15 heavy (non-hydrogen) atoms. The first-order valence-electron chi connectivity index (χ1n) is 4.48. The van der Waals surface area contributed by atoms with Crippen molar-refractivity contribution in [2.24, 2.45) is 5.16 Å². The van der Waals surface area contributed by atoms with Gasteiger partial charge in [-0.05, 0) is 14.1 Å². The van der Waals surface area contributed by atoms with Crippen LogP contribution in [0.1, 0.15) is 0 Å². The van der Waals surface area contributed by atoms with Crippen molar-refractivity contribution < 1.29 is 10.0 Å². The lowest BCUT2D eigenvalue weighted by Gasteiger charge is -2.31. The Bertz CT molecular complexity index is 271. The van der Waals surface area contributed by atoms with Gasteiger partial charge in [0.05, 0.1) is 6.04 Å². The standard InChI is InChI=1S/C8H15N3O2S2/c1-9-6(12)8-14-4-5(11(2)3)7(10-13)15-8/h5,8,13H,4H2,1-3H3,(H,9,12). The number of oxime groups is 1. The van der Waals surface area contributed by atoms with Gasteiger partial charge in [0.1, 0.15) is 9.63 Å². The molecule has 0 aliphatic carbocycles. The molecule has 1 aliphatic rings. The second-order valence-corrected chi connectivity index (χ2v) is 5.88. The summed E-state index contributed by atoms with van der Waals surface area (Å²) in [5, 5.41) is 15.3. The molecule has 0 spiro atoms. The third-order valence-electron chi connectivity index (χ3n) is 2.10. The largest absolute Gasteiger partial charge is 0.410 e. The molecule has 0 saturated carbocycles. The Morgan fingerprint density at radius 2 is 2.33 bits per heavy atom. The van der Waals surface area contributed by atoms with Crippen molar-refractivity contribution in [3.05, 3.63) is 0 Å². The average Bonchev–Trinajstić information content (AvgIpc) is 2.26. The van der Waals surface area contributed by atoms with Crippen LogP contribution in [0, 0.1) is 0 Å². The Morgan fingerprint density at radius 3 is 2.80 bits per heavy atom. The molecule has 5 nitrogen and oxygen atoms in total. The summed E-state index contributed by atoms with van der Waals surface area (Å²) in [4.78, 5) is 13.4. The molecule has 2 atom stereocenters. The van der Waals surface area contributed by atoms with Crippen LogP contribution in [-0.2, 0) is 4.79 Å². The topological polar surface area (TPSA) is 64.9 Å². The van der Waals surface area contributed by atoms with Crippen molar-refractivity contribution in [3.63, 3.8) is 0 Å². The van der Waals surface area contributed by atoms with Gasteiger partial charge in [-0.3, -0.25) is 9.69 Å². The van der Waals surface area contributed by atoms with E-state index in [4.69, 9.17) is 5.21 Å². The number of hydrogen-bond donors (Lipinski definition) is 2. The third-order valence-corrected chi connectivity index (χ3v) is 4.85. The Labute approximate surface area is 97.6 Å². The van der Waals surface area contributed by atoms with Crippen LogP contribution in [0.2, 0.25) is 0 Å². The highest BCUT2D eigenvalue weighted by Gasteiger charge is 2.33. The molecule has 0 aromatic carbocycles. The quantitative estimate of drug-likeness (QED) is 0.543. The van der Waals surface area contributed by atoms with Gasteiger partial charge in [0.25, 0.3) is 0 Å². The second kappa shape index (κ2) is 5.62. The highest BCUT2D eigenvalue weighted by molar-refractivity contribution is 8.26. The first kappa shape index (κ1) is 12.7. The van der Waals surface area contributed by atoms with Crippen molar-refractivity contribution in [1.82, 2.24) is 10.2 Å². The number of nitrogens with one attached hydrogen (secondary N) is 1. The number of carbonyl (C=O) groups excluding carboxylic acids is 1. The molecule has 0 radical (unpaired) electrons. The molecule has 0 bridgehead atoms. The van der Waals surface area contributed by atoms with Gasteiger partial charge < -0.3 is 10.5 Å². The predicted molar refractivity (Wildman–Crippen MR) is 64.6 cm³/mol. The van der Waals surface area contributed by atoms with E-state index in [0.29, 0.717) is 5.04 Å². The van der Waals surface area contributed by atoms with Crippen LogP contribution in [0.5, 0.6) is 0 Å². The van der Waals surface area contributed by atoms with Crippen LogP contribution in [-0.4, -0.2) is 58.6 Å². The fraction of sp³-hybridized carbons (Fsp3) is 0.750. The Kier molecular flexibility index (Phi) is 4.75. The molecule has 1 rings (SSSR count). The van der Waals surface area contributed by atoms with Crippen LogP contribution in [0.3, 0.4) is 0 Å². The van der Waals surface area contributed by atoms with E-state index >= 15 is 0 Å².